The Labute approximate surface area is 140 Å². The van der Waals surface area contributed by atoms with Gasteiger partial charge in [0.25, 0.3) is 5.91 Å². The molecule has 0 spiro atoms. The number of benzene rings is 3. The van der Waals surface area contributed by atoms with Gasteiger partial charge in [-0.3, -0.25) is 4.79 Å². The minimum atomic E-state index is -0.316. The fraction of sp³-hybridized carbons (Fsp3) is 0.150. The molecule has 0 heterocycles. The Bertz CT molecular complexity index is 840. The van der Waals surface area contributed by atoms with Gasteiger partial charge in [-0.1, -0.05) is 42.5 Å². The zero-order valence-electron chi connectivity index (χ0n) is 13.5. The van der Waals surface area contributed by atoms with Crippen LogP contribution >= 0.6 is 0 Å². The lowest BCUT2D eigenvalue weighted by atomic mass is 10.00. The first kappa shape index (κ1) is 16.1. The number of carbonyl (C=O) groups excluding carboxylic acids is 1. The standard InChI is InChI=1S/C20H19FN2O/c1-14(18-8-4-6-15-5-2-3-7-19(15)18)22-13-20(24)23-17-11-9-16(21)10-12-17/h2-12,14,22H,13H2,1H3,(H,23,24)/p+1/t14-/m0/s1. The van der Waals surface area contributed by atoms with E-state index in [2.05, 4.69) is 36.5 Å². The Morgan fingerprint density at radius 1 is 1.04 bits per heavy atom. The third-order valence-corrected chi connectivity index (χ3v) is 4.10. The summed E-state index contributed by atoms with van der Waals surface area (Å²) in [4.78, 5) is 12.1. The van der Waals surface area contributed by atoms with Crippen LogP contribution in [0.1, 0.15) is 18.5 Å². The third kappa shape index (κ3) is 3.78. The van der Waals surface area contributed by atoms with Gasteiger partial charge in [-0.2, -0.15) is 0 Å². The molecule has 3 aromatic rings. The quantitative estimate of drug-likeness (QED) is 0.744. The molecule has 0 unspecified atom stereocenters. The van der Waals surface area contributed by atoms with E-state index in [1.165, 1.54) is 28.5 Å². The van der Waals surface area contributed by atoms with E-state index in [1.54, 1.807) is 12.1 Å². The first-order valence-corrected chi connectivity index (χ1v) is 8.00. The SMILES string of the molecule is C[C@H]([NH2+]CC(=O)Nc1ccc(F)cc1)c1cccc2ccccc12. The van der Waals surface area contributed by atoms with Crippen LogP contribution in [0.5, 0.6) is 0 Å². The van der Waals surface area contributed by atoms with Crippen LogP contribution in [0.15, 0.2) is 66.7 Å². The van der Waals surface area contributed by atoms with E-state index in [-0.39, 0.29) is 17.8 Å². The molecule has 3 N–H and O–H groups in total. The Morgan fingerprint density at radius 3 is 2.54 bits per heavy atom. The normalized spacial score (nSPS) is 12.1. The van der Waals surface area contributed by atoms with Crippen LogP contribution in [0.3, 0.4) is 0 Å². The maximum absolute atomic E-state index is 12.9. The predicted molar refractivity (Wildman–Crippen MR) is 94.2 cm³/mol. The van der Waals surface area contributed by atoms with Gasteiger partial charge < -0.3 is 10.6 Å². The fourth-order valence-corrected chi connectivity index (χ4v) is 2.80. The Morgan fingerprint density at radius 2 is 1.75 bits per heavy atom. The minimum absolute atomic E-state index is 0.103. The molecule has 0 saturated heterocycles. The highest BCUT2D eigenvalue weighted by Gasteiger charge is 2.14. The molecule has 3 nitrogen and oxygen atoms in total. The summed E-state index contributed by atoms with van der Waals surface area (Å²) in [7, 11) is 0. The molecular formula is C20H20FN2O+. The predicted octanol–water partition coefficient (Wildman–Crippen LogP) is 3.24. The lowest BCUT2D eigenvalue weighted by molar-refractivity contribution is -0.682. The lowest BCUT2D eigenvalue weighted by Crippen LogP contribution is -2.86. The minimum Gasteiger partial charge on any atom is -0.332 e. The second kappa shape index (κ2) is 7.23. The second-order valence-corrected chi connectivity index (χ2v) is 5.85. The highest BCUT2D eigenvalue weighted by Crippen LogP contribution is 2.22. The highest BCUT2D eigenvalue weighted by molar-refractivity contribution is 5.91. The Hall–Kier alpha value is -2.72. The third-order valence-electron chi connectivity index (χ3n) is 4.10. The van der Waals surface area contributed by atoms with Gasteiger partial charge in [0.2, 0.25) is 0 Å². The molecule has 0 radical (unpaired) electrons. The number of anilines is 1. The van der Waals surface area contributed by atoms with Crippen LogP contribution in [0.4, 0.5) is 10.1 Å². The topological polar surface area (TPSA) is 45.7 Å². The zero-order chi connectivity index (χ0) is 16.9. The maximum Gasteiger partial charge on any atom is 0.279 e. The van der Waals surface area contributed by atoms with Crippen LogP contribution in [-0.4, -0.2) is 12.5 Å². The van der Waals surface area contributed by atoms with Gasteiger partial charge in [0, 0.05) is 11.3 Å². The zero-order valence-corrected chi connectivity index (χ0v) is 13.5. The molecule has 3 rings (SSSR count). The molecule has 0 aliphatic carbocycles. The number of nitrogens with one attached hydrogen (secondary N) is 1. The Balaban J connectivity index is 1.63. The van der Waals surface area contributed by atoms with Crippen molar-refractivity contribution >= 4 is 22.4 Å². The maximum atomic E-state index is 12.9. The molecular weight excluding hydrogens is 303 g/mol. The summed E-state index contributed by atoms with van der Waals surface area (Å²) < 4.78 is 12.9. The number of rotatable bonds is 5. The molecule has 0 aromatic heterocycles. The number of halogens is 1. The van der Waals surface area contributed by atoms with Crippen molar-refractivity contribution in [2.45, 2.75) is 13.0 Å². The van der Waals surface area contributed by atoms with Crippen LogP contribution in [0, 0.1) is 5.82 Å². The number of amides is 1. The summed E-state index contributed by atoms with van der Waals surface area (Å²) in [6.07, 6.45) is 0. The van der Waals surface area contributed by atoms with Gasteiger partial charge in [-0.15, -0.1) is 0 Å². The summed E-state index contributed by atoms with van der Waals surface area (Å²) in [5.74, 6) is -0.419. The highest BCUT2D eigenvalue weighted by atomic mass is 19.1. The van der Waals surface area contributed by atoms with Crippen molar-refractivity contribution in [2.24, 2.45) is 0 Å². The van der Waals surface area contributed by atoms with E-state index in [4.69, 9.17) is 0 Å². The van der Waals surface area contributed by atoms with Crippen molar-refractivity contribution in [3.8, 4) is 0 Å². The van der Waals surface area contributed by atoms with Gasteiger partial charge >= 0.3 is 0 Å². The molecule has 0 fully saturated rings. The van der Waals surface area contributed by atoms with Gasteiger partial charge in [0.15, 0.2) is 6.54 Å². The molecule has 0 saturated carbocycles. The van der Waals surface area contributed by atoms with Crippen molar-refractivity contribution in [2.75, 3.05) is 11.9 Å². The van der Waals surface area contributed by atoms with Crippen molar-refractivity contribution in [1.82, 2.24) is 0 Å². The van der Waals surface area contributed by atoms with E-state index in [1.807, 2.05) is 23.5 Å². The molecule has 0 aliphatic heterocycles. The van der Waals surface area contributed by atoms with E-state index in [9.17, 15) is 9.18 Å². The molecule has 1 amide bonds. The first-order valence-electron chi connectivity index (χ1n) is 8.00. The van der Waals surface area contributed by atoms with Crippen LogP contribution < -0.4 is 10.6 Å². The van der Waals surface area contributed by atoms with Crippen LogP contribution in [-0.2, 0) is 4.79 Å². The van der Waals surface area contributed by atoms with Crippen LogP contribution in [0.25, 0.3) is 10.8 Å². The average molecular weight is 323 g/mol. The molecule has 4 heteroatoms. The van der Waals surface area contributed by atoms with E-state index in [0.717, 1.165) is 0 Å². The van der Waals surface area contributed by atoms with Crippen molar-refractivity contribution in [3.05, 3.63) is 78.1 Å². The molecule has 0 bridgehead atoms. The molecule has 1 atom stereocenters. The molecule has 3 aromatic carbocycles. The van der Waals surface area contributed by atoms with Gasteiger partial charge in [0.05, 0.1) is 0 Å². The summed E-state index contributed by atoms with van der Waals surface area (Å²) >= 11 is 0. The summed E-state index contributed by atoms with van der Waals surface area (Å²) in [6.45, 7) is 2.40. The van der Waals surface area contributed by atoms with Crippen molar-refractivity contribution in [1.29, 1.82) is 0 Å². The fourth-order valence-electron chi connectivity index (χ4n) is 2.80. The van der Waals surface area contributed by atoms with E-state index >= 15 is 0 Å². The summed E-state index contributed by atoms with van der Waals surface area (Å²) in [6, 6.07) is 20.4. The van der Waals surface area contributed by atoms with Gasteiger partial charge in [-0.25, -0.2) is 4.39 Å². The monoisotopic (exact) mass is 323 g/mol. The van der Waals surface area contributed by atoms with Crippen molar-refractivity contribution < 1.29 is 14.5 Å². The van der Waals surface area contributed by atoms with E-state index in [0.29, 0.717) is 12.2 Å². The smallest absolute Gasteiger partial charge is 0.279 e. The molecule has 0 aliphatic rings. The number of nitrogens with two attached hydrogens (primary N) is 1. The van der Waals surface area contributed by atoms with E-state index < -0.39 is 0 Å². The molecule has 122 valence electrons. The van der Waals surface area contributed by atoms with Crippen molar-refractivity contribution in [3.63, 3.8) is 0 Å². The number of hydrogen-bond acceptors (Lipinski definition) is 1. The molecule has 24 heavy (non-hydrogen) atoms. The largest absolute Gasteiger partial charge is 0.332 e. The van der Waals surface area contributed by atoms with Gasteiger partial charge in [-0.05, 0) is 42.0 Å². The first-order chi connectivity index (χ1) is 11.6. The average Bonchev–Trinajstić information content (AvgIpc) is 2.61. The summed E-state index contributed by atoms with van der Waals surface area (Å²) in [5.41, 5.74) is 1.82. The lowest BCUT2D eigenvalue weighted by Gasteiger charge is -2.13. The van der Waals surface area contributed by atoms with Crippen LogP contribution in [0.2, 0.25) is 0 Å². The number of hydrogen-bond donors (Lipinski definition) is 2. The summed E-state index contributed by atoms with van der Waals surface area (Å²) in [5, 5.41) is 7.19. The number of carbonyl (C=O) groups is 1. The Kier molecular flexibility index (Phi) is 4.87. The number of quaternary nitrogens is 1. The van der Waals surface area contributed by atoms with Gasteiger partial charge in [0.1, 0.15) is 11.9 Å². The second-order valence-electron chi connectivity index (χ2n) is 5.85. The number of fused-ring (bicyclic) bond motifs is 1.